The molecule has 0 aliphatic carbocycles. The Morgan fingerprint density at radius 2 is 1.75 bits per heavy atom. The van der Waals surface area contributed by atoms with E-state index in [0.717, 1.165) is 27.0 Å². The Hall–Kier alpha value is -4.26. The Bertz CT molecular complexity index is 1580. The fourth-order valence-corrected chi connectivity index (χ4v) is 5.16. The Morgan fingerprint density at radius 1 is 1.00 bits per heavy atom. The first-order valence-electron chi connectivity index (χ1n) is 11.1. The highest BCUT2D eigenvalue weighted by molar-refractivity contribution is 7.99. The highest BCUT2D eigenvalue weighted by atomic mass is 32.2. The van der Waals surface area contributed by atoms with Crippen LogP contribution in [0.1, 0.15) is 11.1 Å². The number of nitrogens with one attached hydrogen (secondary N) is 2. The number of carbonyl (C=O) groups excluding carboxylic acids is 1. The highest BCUT2D eigenvalue weighted by Crippen LogP contribution is 2.31. The van der Waals surface area contributed by atoms with Gasteiger partial charge in [-0.1, -0.05) is 77.7 Å². The average molecular weight is 509 g/mol. The van der Waals surface area contributed by atoms with Gasteiger partial charge in [-0.05, 0) is 36.8 Å². The minimum Gasteiger partial charge on any atom is -0.339 e. The highest BCUT2D eigenvalue weighted by Gasteiger charge is 2.18. The van der Waals surface area contributed by atoms with Gasteiger partial charge in [0.05, 0.1) is 21.7 Å². The number of carbonyl (C=O) groups is 1. The van der Waals surface area contributed by atoms with Gasteiger partial charge in [0.15, 0.2) is 16.1 Å². The van der Waals surface area contributed by atoms with Gasteiger partial charge in [-0.2, -0.15) is 5.26 Å². The number of anilines is 3. The van der Waals surface area contributed by atoms with Crippen LogP contribution in [0.4, 0.5) is 16.6 Å². The number of benzene rings is 3. The predicted molar refractivity (Wildman–Crippen MR) is 146 cm³/mol. The lowest BCUT2D eigenvalue weighted by molar-refractivity contribution is -0.113. The van der Waals surface area contributed by atoms with E-state index in [4.69, 9.17) is 0 Å². The van der Waals surface area contributed by atoms with Crippen LogP contribution in [0, 0.1) is 18.3 Å². The minimum atomic E-state index is -0.206. The van der Waals surface area contributed by atoms with Crippen molar-refractivity contribution in [3.8, 4) is 17.3 Å². The lowest BCUT2D eigenvalue weighted by Crippen LogP contribution is -2.14. The standard InChI is InChI=1S/C27H20N6OS2/c1-17-12-13-21-22(14-17)36-27(30-21)31-23(34)16-35-26-32-24(18-8-4-2-5-9-18)20(15-28)25(33-26)29-19-10-6-3-7-11-19/h2-14H,16H2,1H3,(H,29,32,33)(H,30,31,34). The third-order valence-corrected chi connectivity index (χ3v) is 6.99. The van der Waals surface area contributed by atoms with Crippen LogP contribution in [0.25, 0.3) is 21.5 Å². The molecule has 2 N–H and O–H groups in total. The molecule has 36 heavy (non-hydrogen) atoms. The van der Waals surface area contributed by atoms with Gasteiger partial charge in [-0.25, -0.2) is 15.0 Å². The zero-order valence-corrected chi connectivity index (χ0v) is 20.9. The number of fused-ring (bicyclic) bond motifs is 1. The van der Waals surface area contributed by atoms with E-state index < -0.39 is 0 Å². The molecule has 0 aliphatic rings. The Morgan fingerprint density at radius 3 is 2.50 bits per heavy atom. The summed E-state index contributed by atoms with van der Waals surface area (Å²) in [6, 6.07) is 27.2. The second kappa shape index (κ2) is 10.6. The summed E-state index contributed by atoms with van der Waals surface area (Å²) >= 11 is 2.64. The molecule has 7 nitrogen and oxygen atoms in total. The van der Waals surface area contributed by atoms with Crippen molar-refractivity contribution in [2.75, 3.05) is 16.4 Å². The van der Waals surface area contributed by atoms with E-state index in [9.17, 15) is 10.1 Å². The van der Waals surface area contributed by atoms with Crippen LogP contribution in [0.2, 0.25) is 0 Å². The van der Waals surface area contributed by atoms with Crippen molar-refractivity contribution in [1.82, 2.24) is 15.0 Å². The molecule has 0 bridgehead atoms. The number of rotatable bonds is 7. The van der Waals surface area contributed by atoms with Gasteiger partial charge in [-0.3, -0.25) is 4.79 Å². The summed E-state index contributed by atoms with van der Waals surface area (Å²) in [6.07, 6.45) is 0. The number of nitrogens with zero attached hydrogens (tertiary/aromatic N) is 4. The summed E-state index contributed by atoms with van der Waals surface area (Å²) in [5.74, 6) is 0.282. The Kier molecular flexibility index (Phi) is 6.89. The molecule has 3 aromatic carbocycles. The summed E-state index contributed by atoms with van der Waals surface area (Å²) < 4.78 is 1.03. The zero-order chi connectivity index (χ0) is 24.9. The molecule has 0 saturated carbocycles. The number of aryl methyl sites for hydroxylation is 1. The number of thiazole rings is 1. The average Bonchev–Trinajstić information content (AvgIpc) is 3.29. The number of nitriles is 1. The van der Waals surface area contributed by atoms with Crippen LogP contribution in [0.15, 0.2) is 84.0 Å². The molecule has 0 fully saturated rings. The first-order chi connectivity index (χ1) is 17.6. The van der Waals surface area contributed by atoms with Gasteiger partial charge < -0.3 is 10.6 Å². The first-order valence-corrected chi connectivity index (χ1v) is 12.9. The van der Waals surface area contributed by atoms with Gasteiger partial charge in [0.25, 0.3) is 0 Å². The summed E-state index contributed by atoms with van der Waals surface area (Å²) in [5, 5.41) is 17.0. The lowest BCUT2D eigenvalue weighted by Gasteiger charge is -2.13. The first kappa shape index (κ1) is 23.5. The van der Waals surface area contributed by atoms with Gasteiger partial charge in [0, 0.05) is 11.3 Å². The zero-order valence-electron chi connectivity index (χ0n) is 19.2. The summed E-state index contributed by atoms with van der Waals surface area (Å²) in [7, 11) is 0. The second-order valence-corrected chi connectivity index (χ2v) is 9.85. The van der Waals surface area contributed by atoms with Crippen LogP contribution < -0.4 is 10.6 Å². The van der Waals surface area contributed by atoms with Crippen molar-refractivity contribution in [2.45, 2.75) is 12.1 Å². The molecule has 5 rings (SSSR count). The maximum absolute atomic E-state index is 12.7. The summed E-state index contributed by atoms with van der Waals surface area (Å²) in [6.45, 7) is 2.02. The third kappa shape index (κ3) is 5.35. The molecule has 0 saturated heterocycles. The van der Waals surface area contributed by atoms with E-state index >= 15 is 0 Å². The normalized spacial score (nSPS) is 10.7. The number of hydrogen-bond donors (Lipinski definition) is 2. The van der Waals surface area contributed by atoms with Crippen LogP contribution in [-0.4, -0.2) is 26.6 Å². The van der Waals surface area contributed by atoms with E-state index in [1.807, 2.05) is 85.8 Å². The van der Waals surface area contributed by atoms with Crippen LogP contribution >= 0.6 is 23.1 Å². The van der Waals surface area contributed by atoms with Gasteiger partial charge in [0.1, 0.15) is 11.6 Å². The number of amides is 1. The van der Waals surface area contributed by atoms with Crippen LogP contribution in [0.5, 0.6) is 0 Å². The van der Waals surface area contributed by atoms with Crippen molar-refractivity contribution in [2.24, 2.45) is 0 Å². The van der Waals surface area contributed by atoms with E-state index in [1.165, 1.54) is 23.1 Å². The molecular weight excluding hydrogens is 488 g/mol. The molecule has 0 aliphatic heterocycles. The molecule has 0 unspecified atom stereocenters. The van der Waals surface area contributed by atoms with Crippen LogP contribution in [0.3, 0.4) is 0 Å². The Balaban J connectivity index is 1.40. The number of hydrogen-bond acceptors (Lipinski definition) is 8. The van der Waals surface area contributed by atoms with Crippen molar-refractivity contribution in [3.05, 3.63) is 90.0 Å². The van der Waals surface area contributed by atoms with Crippen molar-refractivity contribution < 1.29 is 4.79 Å². The molecule has 176 valence electrons. The smallest absolute Gasteiger partial charge is 0.236 e. The maximum Gasteiger partial charge on any atom is 0.236 e. The fraction of sp³-hybridized carbons (Fsp3) is 0.0741. The molecule has 2 aromatic heterocycles. The Labute approximate surface area is 216 Å². The molecule has 9 heteroatoms. The molecular formula is C27H20N6OS2. The lowest BCUT2D eigenvalue weighted by atomic mass is 10.1. The van der Waals surface area contributed by atoms with E-state index in [2.05, 4.69) is 31.7 Å². The number of para-hydroxylation sites is 1. The largest absolute Gasteiger partial charge is 0.339 e. The summed E-state index contributed by atoms with van der Waals surface area (Å²) in [4.78, 5) is 26.4. The van der Waals surface area contributed by atoms with Crippen molar-refractivity contribution in [3.63, 3.8) is 0 Å². The van der Waals surface area contributed by atoms with Crippen molar-refractivity contribution >= 4 is 55.9 Å². The number of aromatic nitrogens is 3. The number of thioether (sulfide) groups is 1. The second-order valence-electron chi connectivity index (χ2n) is 7.87. The van der Waals surface area contributed by atoms with Crippen LogP contribution in [-0.2, 0) is 4.79 Å². The van der Waals surface area contributed by atoms with E-state index in [0.29, 0.717) is 27.4 Å². The molecule has 0 spiro atoms. The molecule has 1 amide bonds. The quantitative estimate of drug-likeness (QED) is 0.193. The minimum absolute atomic E-state index is 0.0971. The van der Waals surface area contributed by atoms with Gasteiger partial charge in [0.2, 0.25) is 5.91 Å². The third-order valence-electron chi connectivity index (χ3n) is 5.21. The maximum atomic E-state index is 12.7. The monoisotopic (exact) mass is 508 g/mol. The molecule has 2 heterocycles. The SMILES string of the molecule is Cc1ccc2nc(NC(=O)CSc3nc(Nc4ccccc4)c(C#N)c(-c4ccccc4)n3)sc2c1. The molecule has 0 radical (unpaired) electrons. The predicted octanol–water partition coefficient (Wildman–Crippen LogP) is 6.41. The van der Waals surface area contributed by atoms with Crippen molar-refractivity contribution in [1.29, 1.82) is 5.26 Å². The molecule has 5 aromatic rings. The molecule has 0 atom stereocenters. The fourth-order valence-electron chi connectivity index (χ4n) is 3.54. The van der Waals surface area contributed by atoms with Gasteiger partial charge in [-0.15, -0.1) is 0 Å². The summed E-state index contributed by atoms with van der Waals surface area (Å²) in [5.41, 5.74) is 4.44. The van der Waals surface area contributed by atoms with E-state index in [1.54, 1.807) is 0 Å². The van der Waals surface area contributed by atoms with Gasteiger partial charge >= 0.3 is 0 Å². The van der Waals surface area contributed by atoms with E-state index in [-0.39, 0.29) is 11.7 Å². The topological polar surface area (TPSA) is 104 Å².